The molecule has 15 heavy (non-hydrogen) atoms. The van der Waals surface area contributed by atoms with E-state index in [0.29, 0.717) is 6.04 Å². The molecule has 1 rings (SSSR count). The number of rotatable bonds is 5. The van der Waals surface area contributed by atoms with Gasteiger partial charge in [-0.25, -0.2) is 0 Å². The third-order valence-electron chi connectivity index (χ3n) is 2.69. The van der Waals surface area contributed by atoms with Crippen molar-refractivity contribution in [3.05, 3.63) is 24.0 Å². The molecule has 1 aromatic heterocycles. The van der Waals surface area contributed by atoms with Crippen LogP contribution in [-0.4, -0.2) is 30.1 Å². The molecule has 0 aromatic carbocycles. The Morgan fingerprint density at radius 3 is 2.87 bits per heavy atom. The lowest BCUT2D eigenvalue weighted by Gasteiger charge is -2.27. The second-order valence-electron chi connectivity index (χ2n) is 3.90. The van der Waals surface area contributed by atoms with Gasteiger partial charge in [0.2, 0.25) is 0 Å². The quantitative estimate of drug-likeness (QED) is 0.765. The molecule has 1 unspecified atom stereocenters. The first-order valence-electron chi connectivity index (χ1n) is 5.29. The van der Waals surface area contributed by atoms with Crippen LogP contribution < -0.4 is 4.90 Å². The molecule has 0 aliphatic carbocycles. The molecular formula is C12H20N2S. The highest BCUT2D eigenvalue weighted by Crippen LogP contribution is 2.17. The molecule has 0 fully saturated rings. The summed E-state index contributed by atoms with van der Waals surface area (Å²) in [4.78, 5) is 6.54. The lowest BCUT2D eigenvalue weighted by atomic mass is 10.2. The number of pyridine rings is 1. The van der Waals surface area contributed by atoms with E-state index in [1.165, 1.54) is 17.9 Å². The number of aromatic nitrogens is 1. The summed E-state index contributed by atoms with van der Waals surface area (Å²) < 4.78 is 0. The number of hydrogen-bond donors (Lipinski definition) is 0. The molecule has 0 saturated heterocycles. The van der Waals surface area contributed by atoms with E-state index in [4.69, 9.17) is 0 Å². The van der Waals surface area contributed by atoms with Crippen molar-refractivity contribution in [2.24, 2.45) is 0 Å². The Balaban J connectivity index is 2.62. The average Bonchev–Trinajstić information content (AvgIpc) is 2.24. The Morgan fingerprint density at radius 2 is 2.27 bits per heavy atom. The van der Waals surface area contributed by atoms with Gasteiger partial charge in [-0.05, 0) is 44.4 Å². The molecule has 0 amide bonds. The van der Waals surface area contributed by atoms with Gasteiger partial charge in [-0.3, -0.25) is 4.98 Å². The van der Waals surface area contributed by atoms with Crippen molar-refractivity contribution >= 4 is 17.4 Å². The van der Waals surface area contributed by atoms with Gasteiger partial charge in [-0.1, -0.05) is 0 Å². The third kappa shape index (κ3) is 3.74. The maximum absolute atomic E-state index is 4.21. The number of hydrogen-bond acceptors (Lipinski definition) is 3. The van der Waals surface area contributed by atoms with Gasteiger partial charge in [-0.2, -0.15) is 11.8 Å². The smallest absolute Gasteiger partial charge is 0.0399 e. The summed E-state index contributed by atoms with van der Waals surface area (Å²) in [6, 6.07) is 4.79. The molecule has 1 atom stereocenters. The molecule has 84 valence electrons. The minimum Gasteiger partial charge on any atom is -0.372 e. The van der Waals surface area contributed by atoms with E-state index < -0.39 is 0 Å². The van der Waals surface area contributed by atoms with Crippen LogP contribution >= 0.6 is 11.8 Å². The van der Waals surface area contributed by atoms with E-state index in [9.17, 15) is 0 Å². The Labute approximate surface area is 97.1 Å². The summed E-state index contributed by atoms with van der Waals surface area (Å²) >= 11 is 1.91. The second-order valence-corrected chi connectivity index (χ2v) is 4.88. The van der Waals surface area contributed by atoms with Crippen LogP contribution in [0.5, 0.6) is 0 Å². The Kier molecular flexibility index (Phi) is 4.95. The van der Waals surface area contributed by atoms with Gasteiger partial charge in [0.1, 0.15) is 0 Å². The lowest BCUT2D eigenvalue weighted by Crippen LogP contribution is -2.29. The largest absolute Gasteiger partial charge is 0.372 e. The summed E-state index contributed by atoms with van der Waals surface area (Å²) in [5.74, 6) is 1.22. The van der Waals surface area contributed by atoms with Crippen LogP contribution in [-0.2, 0) is 0 Å². The zero-order chi connectivity index (χ0) is 11.3. The molecule has 0 bridgehead atoms. The van der Waals surface area contributed by atoms with Crippen molar-refractivity contribution in [1.29, 1.82) is 0 Å². The van der Waals surface area contributed by atoms with Crippen LogP contribution in [0, 0.1) is 6.92 Å². The molecule has 0 radical (unpaired) electrons. The summed E-state index contributed by atoms with van der Waals surface area (Å²) in [5.41, 5.74) is 2.34. The number of nitrogens with zero attached hydrogens (tertiary/aromatic N) is 2. The van der Waals surface area contributed by atoms with Gasteiger partial charge < -0.3 is 4.90 Å². The zero-order valence-corrected chi connectivity index (χ0v) is 10.8. The molecule has 0 saturated carbocycles. The average molecular weight is 224 g/mol. The van der Waals surface area contributed by atoms with Crippen LogP contribution in [0.4, 0.5) is 5.69 Å². The van der Waals surface area contributed by atoms with Crippen molar-refractivity contribution in [2.75, 3.05) is 24.0 Å². The summed E-state index contributed by atoms with van der Waals surface area (Å²) in [5, 5.41) is 0. The standard InChI is InChI=1S/C12H20N2S/c1-10-9-12(5-7-13-10)14(3)11(2)6-8-15-4/h5,7,9,11H,6,8H2,1-4H3. The fraction of sp³-hybridized carbons (Fsp3) is 0.583. The topological polar surface area (TPSA) is 16.1 Å². The lowest BCUT2D eigenvalue weighted by molar-refractivity contribution is 0.669. The van der Waals surface area contributed by atoms with E-state index in [0.717, 1.165) is 5.69 Å². The van der Waals surface area contributed by atoms with Crippen molar-refractivity contribution in [1.82, 2.24) is 4.98 Å². The first-order chi connectivity index (χ1) is 7.15. The van der Waals surface area contributed by atoms with Gasteiger partial charge in [0, 0.05) is 30.7 Å². The van der Waals surface area contributed by atoms with Crippen molar-refractivity contribution < 1.29 is 0 Å². The maximum atomic E-state index is 4.21. The van der Waals surface area contributed by atoms with E-state index in [2.05, 4.69) is 42.2 Å². The monoisotopic (exact) mass is 224 g/mol. The van der Waals surface area contributed by atoms with Crippen molar-refractivity contribution in [3.8, 4) is 0 Å². The minimum atomic E-state index is 0.583. The SMILES string of the molecule is CSCCC(C)N(C)c1ccnc(C)c1. The van der Waals surface area contributed by atoms with Gasteiger partial charge in [0.25, 0.3) is 0 Å². The summed E-state index contributed by atoms with van der Waals surface area (Å²) in [7, 11) is 2.15. The highest BCUT2D eigenvalue weighted by molar-refractivity contribution is 7.98. The summed E-state index contributed by atoms with van der Waals surface area (Å²) in [6.45, 7) is 4.30. The first kappa shape index (κ1) is 12.4. The molecule has 0 aliphatic rings. The zero-order valence-electron chi connectivity index (χ0n) is 10.0. The van der Waals surface area contributed by atoms with Crippen LogP contribution in [0.3, 0.4) is 0 Å². The fourth-order valence-corrected chi connectivity index (χ4v) is 2.06. The van der Waals surface area contributed by atoms with Gasteiger partial charge in [-0.15, -0.1) is 0 Å². The van der Waals surface area contributed by atoms with Gasteiger partial charge in [0.05, 0.1) is 0 Å². The number of thioether (sulfide) groups is 1. The van der Waals surface area contributed by atoms with Gasteiger partial charge >= 0.3 is 0 Å². The molecule has 0 aliphatic heterocycles. The van der Waals surface area contributed by atoms with Crippen LogP contribution in [0.15, 0.2) is 18.3 Å². The Bertz CT molecular complexity index is 301. The molecule has 1 aromatic rings. The van der Waals surface area contributed by atoms with Crippen LogP contribution in [0.2, 0.25) is 0 Å². The third-order valence-corrected chi connectivity index (χ3v) is 3.33. The van der Waals surface area contributed by atoms with Crippen molar-refractivity contribution in [2.45, 2.75) is 26.3 Å². The predicted molar refractivity (Wildman–Crippen MR) is 69.8 cm³/mol. The molecule has 0 spiro atoms. The van der Waals surface area contributed by atoms with Crippen LogP contribution in [0.25, 0.3) is 0 Å². The molecular weight excluding hydrogens is 204 g/mol. The molecule has 3 heteroatoms. The predicted octanol–water partition coefficient (Wildman–Crippen LogP) is 2.97. The fourth-order valence-electron chi connectivity index (χ4n) is 1.49. The second kappa shape index (κ2) is 6.01. The maximum Gasteiger partial charge on any atom is 0.0399 e. The van der Waals surface area contributed by atoms with E-state index >= 15 is 0 Å². The number of aryl methyl sites for hydroxylation is 1. The highest BCUT2D eigenvalue weighted by atomic mass is 32.2. The summed E-state index contributed by atoms with van der Waals surface area (Å²) in [6.07, 6.45) is 5.25. The minimum absolute atomic E-state index is 0.583. The van der Waals surface area contributed by atoms with Crippen LogP contribution in [0.1, 0.15) is 19.0 Å². The number of anilines is 1. The normalized spacial score (nSPS) is 12.5. The highest BCUT2D eigenvalue weighted by Gasteiger charge is 2.09. The van der Waals surface area contributed by atoms with E-state index in [1.807, 2.05) is 24.9 Å². The molecule has 2 nitrogen and oxygen atoms in total. The Morgan fingerprint density at radius 1 is 1.53 bits per heavy atom. The van der Waals surface area contributed by atoms with Crippen molar-refractivity contribution in [3.63, 3.8) is 0 Å². The van der Waals surface area contributed by atoms with E-state index in [-0.39, 0.29) is 0 Å². The Hall–Kier alpha value is -0.700. The molecule has 0 N–H and O–H groups in total. The van der Waals surface area contributed by atoms with E-state index in [1.54, 1.807) is 0 Å². The van der Waals surface area contributed by atoms with Gasteiger partial charge in [0.15, 0.2) is 0 Å². The molecule has 1 heterocycles. The first-order valence-corrected chi connectivity index (χ1v) is 6.69.